The van der Waals surface area contributed by atoms with Gasteiger partial charge in [-0.15, -0.1) is 0 Å². The van der Waals surface area contributed by atoms with Crippen molar-refractivity contribution in [3.63, 3.8) is 0 Å². The molecule has 6 nitrogen and oxygen atoms in total. The first kappa shape index (κ1) is 14.4. The fourth-order valence-corrected chi connectivity index (χ4v) is 3.39. The minimum atomic E-state index is -3.41. The van der Waals surface area contributed by atoms with E-state index in [0.717, 1.165) is 12.8 Å². The first-order valence-corrected chi connectivity index (χ1v) is 7.25. The van der Waals surface area contributed by atoms with Crippen molar-refractivity contribution in [2.45, 2.75) is 19.3 Å². The topological polar surface area (TPSA) is 83.9 Å². The number of methoxy groups -OCH3 is 1. The molecule has 17 heavy (non-hydrogen) atoms. The highest BCUT2D eigenvalue weighted by Gasteiger charge is 2.28. The van der Waals surface area contributed by atoms with E-state index in [9.17, 15) is 13.2 Å². The van der Waals surface area contributed by atoms with Crippen LogP contribution >= 0.6 is 0 Å². The van der Waals surface area contributed by atoms with Crippen molar-refractivity contribution in [2.24, 2.45) is 5.92 Å². The molecule has 0 spiro atoms. The number of piperidine rings is 1. The summed E-state index contributed by atoms with van der Waals surface area (Å²) in [5.41, 5.74) is 0. The molecule has 1 rings (SSSR count). The molecule has 1 heterocycles. The van der Waals surface area contributed by atoms with Gasteiger partial charge in [0.25, 0.3) is 0 Å². The van der Waals surface area contributed by atoms with Crippen LogP contribution in [-0.2, 0) is 19.6 Å². The van der Waals surface area contributed by atoms with Crippen LogP contribution in [-0.4, -0.2) is 56.4 Å². The number of sulfonamides is 1. The van der Waals surface area contributed by atoms with Crippen LogP contribution in [0.4, 0.5) is 0 Å². The molecule has 0 atom stereocenters. The lowest BCUT2D eigenvalue weighted by molar-refractivity contribution is -0.136. The van der Waals surface area contributed by atoms with E-state index in [2.05, 4.69) is 0 Å². The van der Waals surface area contributed by atoms with Crippen molar-refractivity contribution in [1.29, 1.82) is 0 Å². The summed E-state index contributed by atoms with van der Waals surface area (Å²) >= 11 is 0. The lowest BCUT2D eigenvalue weighted by atomic mass is 9.99. The molecule has 0 amide bonds. The Balaban J connectivity index is 2.44. The summed E-state index contributed by atoms with van der Waals surface area (Å²) in [6.07, 6.45) is 1.22. The van der Waals surface area contributed by atoms with Crippen LogP contribution in [0.15, 0.2) is 0 Å². The van der Waals surface area contributed by atoms with Crippen LogP contribution in [0.2, 0.25) is 0 Å². The van der Waals surface area contributed by atoms with Crippen molar-refractivity contribution in [1.82, 2.24) is 4.31 Å². The van der Waals surface area contributed by atoms with Crippen LogP contribution in [0.25, 0.3) is 0 Å². The van der Waals surface area contributed by atoms with Crippen LogP contribution in [0.1, 0.15) is 19.3 Å². The molecule has 1 fully saturated rings. The van der Waals surface area contributed by atoms with Gasteiger partial charge in [-0.3, -0.25) is 4.79 Å². The van der Waals surface area contributed by atoms with Gasteiger partial charge >= 0.3 is 5.97 Å². The zero-order valence-corrected chi connectivity index (χ0v) is 10.8. The average Bonchev–Trinajstić information content (AvgIpc) is 2.28. The Morgan fingerprint density at radius 3 is 2.47 bits per heavy atom. The van der Waals surface area contributed by atoms with Gasteiger partial charge in [0.1, 0.15) is 0 Å². The van der Waals surface area contributed by atoms with Gasteiger partial charge in [0.15, 0.2) is 0 Å². The highest BCUT2D eigenvalue weighted by atomic mass is 32.2. The number of hydrogen-bond acceptors (Lipinski definition) is 4. The van der Waals surface area contributed by atoms with Gasteiger partial charge in [0.05, 0.1) is 12.2 Å². The minimum Gasteiger partial charge on any atom is -0.481 e. The molecule has 1 aliphatic rings. The number of carboxylic acid groups (broad SMARTS) is 1. The highest BCUT2D eigenvalue weighted by molar-refractivity contribution is 7.89. The Bertz CT molecular complexity index is 346. The van der Waals surface area contributed by atoms with Gasteiger partial charge in [-0.1, -0.05) is 0 Å². The fourth-order valence-electron chi connectivity index (χ4n) is 1.94. The number of nitrogens with zero attached hydrogens (tertiary/aromatic N) is 1. The van der Waals surface area contributed by atoms with Crippen molar-refractivity contribution >= 4 is 16.0 Å². The SMILES string of the molecule is COCC1CCN(S(=O)(=O)CCC(=O)O)CC1. The van der Waals surface area contributed by atoms with Crippen molar-refractivity contribution in [3.05, 3.63) is 0 Å². The van der Waals surface area contributed by atoms with E-state index < -0.39 is 16.0 Å². The van der Waals surface area contributed by atoms with Crippen LogP contribution in [0, 0.1) is 5.92 Å². The van der Waals surface area contributed by atoms with Crippen molar-refractivity contribution in [2.75, 3.05) is 32.6 Å². The Morgan fingerprint density at radius 2 is 2.00 bits per heavy atom. The van der Waals surface area contributed by atoms with E-state index in [1.54, 1.807) is 7.11 Å². The van der Waals surface area contributed by atoms with E-state index in [1.165, 1.54) is 4.31 Å². The third-order valence-corrected chi connectivity index (χ3v) is 4.82. The molecule has 0 aromatic heterocycles. The molecule has 100 valence electrons. The number of ether oxygens (including phenoxy) is 1. The first-order chi connectivity index (χ1) is 7.95. The molecule has 7 heteroatoms. The summed E-state index contributed by atoms with van der Waals surface area (Å²) in [7, 11) is -1.77. The smallest absolute Gasteiger partial charge is 0.304 e. The standard InChI is InChI=1S/C10H19NO5S/c1-16-8-9-2-5-11(6-3-9)17(14,15)7-4-10(12)13/h9H,2-8H2,1H3,(H,12,13). The largest absolute Gasteiger partial charge is 0.481 e. The van der Waals surface area contributed by atoms with E-state index in [-0.39, 0.29) is 12.2 Å². The third kappa shape index (κ3) is 4.61. The van der Waals surface area contributed by atoms with Crippen LogP contribution < -0.4 is 0 Å². The molecule has 0 radical (unpaired) electrons. The third-order valence-electron chi connectivity index (χ3n) is 2.94. The molecular weight excluding hydrogens is 246 g/mol. The second-order valence-corrected chi connectivity index (χ2v) is 6.35. The summed E-state index contributed by atoms with van der Waals surface area (Å²) in [5, 5.41) is 8.49. The molecule has 1 N–H and O–H groups in total. The summed E-state index contributed by atoms with van der Waals surface area (Å²) in [6, 6.07) is 0. The van der Waals surface area contributed by atoms with Gasteiger partial charge in [-0.25, -0.2) is 12.7 Å². The second-order valence-electron chi connectivity index (χ2n) is 4.26. The second kappa shape index (κ2) is 6.32. The maximum absolute atomic E-state index is 11.8. The predicted molar refractivity (Wildman–Crippen MR) is 62.2 cm³/mol. The molecule has 1 aliphatic heterocycles. The van der Waals surface area contributed by atoms with Crippen molar-refractivity contribution in [3.8, 4) is 0 Å². The molecule has 0 bridgehead atoms. The molecule has 0 aromatic rings. The summed E-state index contributed by atoms with van der Waals surface area (Å²) in [6.45, 7) is 1.59. The van der Waals surface area contributed by atoms with Crippen molar-refractivity contribution < 1.29 is 23.1 Å². The monoisotopic (exact) mass is 265 g/mol. The maximum Gasteiger partial charge on any atom is 0.304 e. The molecule has 0 saturated carbocycles. The molecule has 1 saturated heterocycles. The van der Waals surface area contributed by atoms with E-state index in [1.807, 2.05) is 0 Å². The zero-order valence-electron chi connectivity index (χ0n) is 9.96. The fraction of sp³-hybridized carbons (Fsp3) is 0.900. The van der Waals surface area contributed by atoms with Gasteiger partial charge < -0.3 is 9.84 Å². The van der Waals surface area contributed by atoms with Gasteiger partial charge in [-0.05, 0) is 18.8 Å². The molecule has 0 aliphatic carbocycles. The predicted octanol–water partition coefficient (Wildman–Crippen LogP) is 0.149. The number of carboxylic acids is 1. The lowest BCUT2D eigenvalue weighted by Gasteiger charge is -2.30. The summed E-state index contributed by atoms with van der Waals surface area (Å²) < 4.78 is 30.0. The zero-order chi connectivity index (χ0) is 12.9. The summed E-state index contributed by atoms with van der Waals surface area (Å²) in [5.74, 6) is -0.981. The van der Waals surface area contributed by atoms with Crippen LogP contribution in [0.5, 0.6) is 0 Å². The van der Waals surface area contributed by atoms with Crippen LogP contribution in [0.3, 0.4) is 0 Å². The number of aliphatic carboxylic acids is 1. The van der Waals surface area contributed by atoms with E-state index in [4.69, 9.17) is 9.84 Å². The molecule has 0 unspecified atom stereocenters. The minimum absolute atomic E-state index is 0.308. The number of rotatable bonds is 6. The van der Waals surface area contributed by atoms with Gasteiger partial charge in [0, 0.05) is 26.8 Å². The van der Waals surface area contributed by atoms with Gasteiger partial charge in [0.2, 0.25) is 10.0 Å². The Labute approximate surface area is 102 Å². The van der Waals surface area contributed by atoms with Gasteiger partial charge in [-0.2, -0.15) is 0 Å². The molecular formula is C10H19NO5S. The summed E-state index contributed by atoms with van der Waals surface area (Å²) in [4.78, 5) is 10.4. The average molecular weight is 265 g/mol. The molecule has 0 aromatic carbocycles. The number of carbonyl (C=O) groups is 1. The first-order valence-electron chi connectivity index (χ1n) is 5.64. The Morgan fingerprint density at radius 1 is 1.41 bits per heavy atom. The number of hydrogen-bond donors (Lipinski definition) is 1. The quantitative estimate of drug-likeness (QED) is 0.739. The normalized spacial score (nSPS) is 19.4. The Hall–Kier alpha value is -0.660. The Kier molecular flexibility index (Phi) is 5.35. The lowest BCUT2D eigenvalue weighted by Crippen LogP contribution is -2.40. The van der Waals surface area contributed by atoms with E-state index >= 15 is 0 Å². The maximum atomic E-state index is 11.8. The highest BCUT2D eigenvalue weighted by Crippen LogP contribution is 2.20. The van der Waals surface area contributed by atoms with E-state index in [0.29, 0.717) is 25.6 Å².